The molecule has 60 valence electrons. The van der Waals surface area contributed by atoms with E-state index in [-0.39, 0.29) is 18.2 Å². The van der Waals surface area contributed by atoms with Gasteiger partial charge in [0, 0.05) is 6.92 Å². The van der Waals surface area contributed by atoms with E-state index < -0.39 is 11.9 Å². The Hall–Kier alpha value is -1.39. The van der Waals surface area contributed by atoms with E-state index in [1.54, 1.807) is 0 Å². The number of hydrogen-bond acceptors (Lipinski definition) is 3. The number of hydrogen-bond donors (Lipinski definition) is 2. The van der Waals surface area contributed by atoms with Gasteiger partial charge in [0.1, 0.15) is 6.04 Å². The van der Waals surface area contributed by atoms with E-state index in [0.29, 0.717) is 0 Å². The van der Waals surface area contributed by atoms with Crippen LogP contribution in [0, 0.1) is 0 Å². The number of nitrogens with one attached hydrogen (secondary N) is 2. The topological polar surface area (TPSA) is 75.3 Å². The SMILES string of the molecule is CC(=O)N[C@@H]1CC(=O)NC1=O. The highest BCUT2D eigenvalue weighted by Crippen LogP contribution is 2.00. The summed E-state index contributed by atoms with van der Waals surface area (Å²) in [6.45, 7) is 1.30. The van der Waals surface area contributed by atoms with Crippen molar-refractivity contribution >= 4 is 17.7 Å². The van der Waals surface area contributed by atoms with E-state index in [2.05, 4.69) is 10.6 Å². The first kappa shape index (κ1) is 7.71. The van der Waals surface area contributed by atoms with E-state index in [9.17, 15) is 14.4 Å². The Morgan fingerprint density at radius 3 is 2.64 bits per heavy atom. The van der Waals surface area contributed by atoms with Crippen LogP contribution in [0.1, 0.15) is 13.3 Å². The maximum atomic E-state index is 10.8. The van der Waals surface area contributed by atoms with E-state index in [4.69, 9.17) is 0 Å². The fourth-order valence-electron chi connectivity index (χ4n) is 0.916. The van der Waals surface area contributed by atoms with E-state index in [1.165, 1.54) is 6.92 Å². The van der Waals surface area contributed by atoms with Gasteiger partial charge in [-0.25, -0.2) is 0 Å². The Balaban J connectivity index is 2.53. The lowest BCUT2D eigenvalue weighted by Crippen LogP contribution is -2.38. The molecule has 1 aliphatic rings. The molecular weight excluding hydrogens is 148 g/mol. The summed E-state index contributed by atoms with van der Waals surface area (Å²) in [6.07, 6.45) is 0.0540. The van der Waals surface area contributed by atoms with Crippen LogP contribution >= 0.6 is 0 Å². The van der Waals surface area contributed by atoms with E-state index in [0.717, 1.165) is 0 Å². The fourth-order valence-corrected chi connectivity index (χ4v) is 0.916. The number of rotatable bonds is 1. The summed E-state index contributed by atoms with van der Waals surface area (Å²) in [5.41, 5.74) is 0. The van der Waals surface area contributed by atoms with Crippen LogP contribution in [0.3, 0.4) is 0 Å². The lowest BCUT2D eigenvalue weighted by atomic mass is 10.2. The van der Waals surface area contributed by atoms with Crippen LogP contribution in [0.2, 0.25) is 0 Å². The highest BCUT2D eigenvalue weighted by molar-refractivity contribution is 6.06. The first-order valence-electron chi connectivity index (χ1n) is 3.20. The molecular formula is C6H8N2O3. The Bertz CT molecular complexity index is 224. The minimum absolute atomic E-state index is 0.0540. The summed E-state index contributed by atoms with van der Waals surface area (Å²) in [5.74, 6) is -1.07. The number of amides is 3. The molecule has 1 aliphatic heterocycles. The highest BCUT2D eigenvalue weighted by atomic mass is 16.2. The molecule has 5 heteroatoms. The van der Waals surface area contributed by atoms with Gasteiger partial charge in [-0.3, -0.25) is 19.7 Å². The van der Waals surface area contributed by atoms with Crippen LogP contribution in [-0.4, -0.2) is 23.8 Å². The molecule has 3 amide bonds. The minimum atomic E-state index is -0.667. The molecule has 0 saturated carbocycles. The Kier molecular flexibility index (Phi) is 1.89. The van der Waals surface area contributed by atoms with Gasteiger partial charge in [0.05, 0.1) is 6.42 Å². The molecule has 0 bridgehead atoms. The Labute approximate surface area is 63.1 Å². The second-order valence-electron chi connectivity index (χ2n) is 2.37. The summed E-state index contributed by atoms with van der Waals surface area (Å²) < 4.78 is 0. The molecule has 2 N–H and O–H groups in total. The molecule has 0 spiro atoms. The third kappa shape index (κ3) is 1.76. The first-order chi connectivity index (χ1) is 5.09. The fraction of sp³-hybridized carbons (Fsp3) is 0.500. The highest BCUT2D eigenvalue weighted by Gasteiger charge is 2.30. The molecule has 0 aromatic rings. The lowest BCUT2D eigenvalue weighted by Gasteiger charge is -2.04. The van der Waals surface area contributed by atoms with Crippen LogP contribution in [0.4, 0.5) is 0 Å². The quantitative estimate of drug-likeness (QED) is 0.455. The van der Waals surface area contributed by atoms with Crippen LogP contribution < -0.4 is 10.6 Å². The summed E-state index contributed by atoms with van der Waals surface area (Å²) in [7, 11) is 0. The van der Waals surface area contributed by atoms with Gasteiger partial charge in [-0.2, -0.15) is 0 Å². The van der Waals surface area contributed by atoms with Gasteiger partial charge in [-0.15, -0.1) is 0 Å². The normalized spacial score (nSPS) is 23.2. The first-order valence-corrected chi connectivity index (χ1v) is 3.20. The molecule has 0 aromatic carbocycles. The average molecular weight is 156 g/mol. The lowest BCUT2D eigenvalue weighted by molar-refractivity contribution is -0.127. The molecule has 11 heavy (non-hydrogen) atoms. The molecule has 1 heterocycles. The van der Waals surface area contributed by atoms with Crippen LogP contribution in [0.5, 0.6) is 0 Å². The number of carbonyl (C=O) groups excluding carboxylic acids is 3. The summed E-state index contributed by atoms with van der Waals surface area (Å²) >= 11 is 0. The molecule has 0 aromatic heterocycles. The third-order valence-corrected chi connectivity index (χ3v) is 1.35. The van der Waals surface area contributed by atoms with E-state index >= 15 is 0 Å². The molecule has 5 nitrogen and oxygen atoms in total. The molecule has 1 fully saturated rings. The Morgan fingerprint density at radius 2 is 2.27 bits per heavy atom. The average Bonchev–Trinajstić information content (AvgIpc) is 2.09. The van der Waals surface area contributed by atoms with Gasteiger partial charge in [-0.05, 0) is 0 Å². The van der Waals surface area contributed by atoms with Crippen molar-refractivity contribution in [3.8, 4) is 0 Å². The van der Waals surface area contributed by atoms with Crippen LogP contribution in [0.25, 0.3) is 0 Å². The molecule has 1 rings (SSSR count). The van der Waals surface area contributed by atoms with Crippen molar-refractivity contribution in [1.29, 1.82) is 0 Å². The van der Waals surface area contributed by atoms with Crippen molar-refractivity contribution < 1.29 is 14.4 Å². The predicted molar refractivity (Wildman–Crippen MR) is 35.4 cm³/mol. The van der Waals surface area contributed by atoms with E-state index in [1.807, 2.05) is 0 Å². The molecule has 0 unspecified atom stereocenters. The van der Waals surface area contributed by atoms with Gasteiger partial charge in [0.2, 0.25) is 17.7 Å². The summed E-state index contributed by atoms with van der Waals surface area (Å²) in [5, 5.41) is 4.43. The van der Waals surface area contributed by atoms with Crippen LogP contribution in [0.15, 0.2) is 0 Å². The van der Waals surface area contributed by atoms with Gasteiger partial charge in [0.25, 0.3) is 0 Å². The molecule has 0 aliphatic carbocycles. The molecule has 1 saturated heterocycles. The van der Waals surface area contributed by atoms with Crippen molar-refractivity contribution in [2.24, 2.45) is 0 Å². The molecule has 0 radical (unpaired) electrons. The van der Waals surface area contributed by atoms with Gasteiger partial charge < -0.3 is 5.32 Å². The van der Waals surface area contributed by atoms with Crippen molar-refractivity contribution in [2.75, 3.05) is 0 Å². The van der Waals surface area contributed by atoms with Crippen molar-refractivity contribution in [1.82, 2.24) is 10.6 Å². The van der Waals surface area contributed by atoms with Gasteiger partial charge in [0.15, 0.2) is 0 Å². The second-order valence-corrected chi connectivity index (χ2v) is 2.37. The Morgan fingerprint density at radius 1 is 1.64 bits per heavy atom. The van der Waals surface area contributed by atoms with Crippen molar-refractivity contribution in [3.05, 3.63) is 0 Å². The smallest absolute Gasteiger partial charge is 0.249 e. The standard InChI is InChI=1S/C6H8N2O3/c1-3(9)7-4-2-5(10)8-6(4)11/h4H,2H2,1H3,(H,7,9)(H,8,10,11)/t4-/m1/s1. The number of carbonyl (C=O) groups is 3. The van der Waals surface area contributed by atoms with Crippen molar-refractivity contribution in [3.63, 3.8) is 0 Å². The largest absolute Gasteiger partial charge is 0.344 e. The maximum absolute atomic E-state index is 10.8. The molecule has 1 atom stereocenters. The van der Waals surface area contributed by atoms with Gasteiger partial charge in [-0.1, -0.05) is 0 Å². The zero-order valence-corrected chi connectivity index (χ0v) is 6.01. The monoisotopic (exact) mass is 156 g/mol. The zero-order chi connectivity index (χ0) is 8.43. The number of imide groups is 1. The van der Waals surface area contributed by atoms with Crippen LogP contribution in [-0.2, 0) is 14.4 Å². The minimum Gasteiger partial charge on any atom is -0.344 e. The second kappa shape index (κ2) is 2.69. The zero-order valence-electron chi connectivity index (χ0n) is 6.01. The maximum Gasteiger partial charge on any atom is 0.249 e. The third-order valence-electron chi connectivity index (χ3n) is 1.35. The summed E-state index contributed by atoms with van der Waals surface area (Å²) in [6, 6.07) is -0.667. The van der Waals surface area contributed by atoms with Gasteiger partial charge >= 0.3 is 0 Å². The predicted octanol–water partition coefficient (Wildman–Crippen LogP) is -1.46. The van der Waals surface area contributed by atoms with Crippen molar-refractivity contribution in [2.45, 2.75) is 19.4 Å². The summed E-state index contributed by atoms with van der Waals surface area (Å²) in [4.78, 5) is 31.8.